The average Bonchev–Trinajstić information content (AvgIpc) is 2.87. The summed E-state index contributed by atoms with van der Waals surface area (Å²) in [6.07, 6.45) is 2.62. The first kappa shape index (κ1) is 23.7. The van der Waals surface area contributed by atoms with E-state index in [-0.39, 0.29) is 5.56 Å². The second-order valence-corrected chi connectivity index (χ2v) is 9.08. The van der Waals surface area contributed by atoms with E-state index >= 15 is 0 Å². The first-order valence-electron chi connectivity index (χ1n) is 11.5. The third-order valence-electron chi connectivity index (χ3n) is 5.93. The van der Waals surface area contributed by atoms with Crippen molar-refractivity contribution in [2.75, 3.05) is 0 Å². The highest BCUT2D eigenvalue weighted by molar-refractivity contribution is 9.10. The normalized spacial score (nSPS) is 10.8. The van der Waals surface area contributed by atoms with Crippen LogP contribution in [0.25, 0.3) is 16.8 Å². The van der Waals surface area contributed by atoms with Gasteiger partial charge in [-0.05, 0) is 47.4 Å². The summed E-state index contributed by atoms with van der Waals surface area (Å²) in [5.41, 5.74) is 5.52. The van der Waals surface area contributed by atoms with Gasteiger partial charge in [0, 0.05) is 22.9 Å². The first-order chi connectivity index (χ1) is 16.6. The lowest BCUT2D eigenvalue weighted by Gasteiger charge is -2.17. The SMILES string of the molecule is CCCc1nc(CC)n(-c2ccc(Br)cc2)c(=O)c1Cc1cccc(-c2ccccc2)c1C#N. The highest BCUT2D eigenvalue weighted by Gasteiger charge is 2.19. The van der Waals surface area contributed by atoms with Gasteiger partial charge in [0.15, 0.2) is 0 Å². The molecule has 0 aliphatic heterocycles. The molecule has 1 aromatic heterocycles. The van der Waals surface area contributed by atoms with Gasteiger partial charge in [0.05, 0.1) is 16.9 Å². The Kier molecular flexibility index (Phi) is 7.40. The second kappa shape index (κ2) is 10.6. The maximum absolute atomic E-state index is 13.9. The Morgan fingerprint density at radius 2 is 1.71 bits per heavy atom. The molecule has 34 heavy (non-hydrogen) atoms. The van der Waals surface area contributed by atoms with E-state index in [0.29, 0.717) is 24.0 Å². The lowest BCUT2D eigenvalue weighted by Crippen LogP contribution is -2.29. The zero-order valence-electron chi connectivity index (χ0n) is 19.4. The summed E-state index contributed by atoms with van der Waals surface area (Å²) in [5.74, 6) is 0.748. The van der Waals surface area contributed by atoms with Crippen molar-refractivity contribution in [1.82, 2.24) is 9.55 Å². The highest BCUT2D eigenvalue weighted by Crippen LogP contribution is 2.27. The summed E-state index contributed by atoms with van der Waals surface area (Å²) in [6, 6.07) is 25.8. The Hall–Kier alpha value is -3.49. The van der Waals surface area contributed by atoms with Crippen LogP contribution in [0.3, 0.4) is 0 Å². The van der Waals surface area contributed by atoms with Crippen molar-refractivity contribution in [3.05, 3.63) is 116 Å². The molecule has 0 N–H and O–H groups in total. The summed E-state index contributed by atoms with van der Waals surface area (Å²) >= 11 is 3.47. The van der Waals surface area contributed by atoms with Gasteiger partial charge in [-0.15, -0.1) is 0 Å². The number of rotatable bonds is 7. The summed E-state index contributed by atoms with van der Waals surface area (Å²) in [7, 11) is 0. The number of halogens is 1. The van der Waals surface area contributed by atoms with Crippen molar-refractivity contribution in [3.8, 4) is 22.9 Å². The molecule has 0 atom stereocenters. The van der Waals surface area contributed by atoms with Crippen LogP contribution in [0.15, 0.2) is 82.1 Å². The topological polar surface area (TPSA) is 58.7 Å². The van der Waals surface area contributed by atoms with Crippen LogP contribution >= 0.6 is 15.9 Å². The number of hydrogen-bond acceptors (Lipinski definition) is 3. The van der Waals surface area contributed by atoms with Gasteiger partial charge in [0.1, 0.15) is 11.9 Å². The van der Waals surface area contributed by atoms with Crippen molar-refractivity contribution < 1.29 is 0 Å². The van der Waals surface area contributed by atoms with Crippen LogP contribution in [-0.4, -0.2) is 9.55 Å². The molecule has 0 aliphatic rings. The monoisotopic (exact) mass is 511 g/mol. The molecule has 0 amide bonds. The Morgan fingerprint density at radius 1 is 0.971 bits per heavy atom. The molecule has 5 heteroatoms. The van der Waals surface area contributed by atoms with Gasteiger partial charge < -0.3 is 0 Å². The van der Waals surface area contributed by atoms with Crippen LogP contribution in [0.2, 0.25) is 0 Å². The van der Waals surface area contributed by atoms with Crippen molar-refractivity contribution in [2.24, 2.45) is 0 Å². The number of nitrogens with zero attached hydrogens (tertiary/aromatic N) is 3. The van der Waals surface area contributed by atoms with Crippen LogP contribution in [0.5, 0.6) is 0 Å². The number of aromatic nitrogens is 2. The predicted molar refractivity (Wildman–Crippen MR) is 140 cm³/mol. The van der Waals surface area contributed by atoms with E-state index in [9.17, 15) is 10.1 Å². The van der Waals surface area contributed by atoms with Crippen molar-refractivity contribution in [3.63, 3.8) is 0 Å². The fraction of sp³-hybridized carbons (Fsp3) is 0.207. The lowest BCUT2D eigenvalue weighted by molar-refractivity contribution is 0.746. The third kappa shape index (κ3) is 4.73. The lowest BCUT2D eigenvalue weighted by atomic mass is 9.92. The molecule has 3 aromatic carbocycles. The zero-order chi connectivity index (χ0) is 24.1. The predicted octanol–water partition coefficient (Wildman–Crippen LogP) is 6.64. The molecule has 0 radical (unpaired) electrons. The maximum Gasteiger partial charge on any atom is 0.261 e. The molecule has 4 nitrogen and oxygen atoms in total. The maximum atomic E-state index is 13.9. The van der Waals surface area contributed by atoms with Gasteiger partial charge in [-0.2, -0.15) is 5.26 Å². The number of hydrogen-bond donors (Lipinski definition) is 0. The molecule has 4 aromatic rings. The molecular formula is C29H26BrN3O. The van der Waals surface area contributed by atoms with Gasteiger partial charge in [-0.3, -0.25) is 9.36 Å². The minimum absolute atomic E-state index is 0.0633. The number of nitriles is 1. The van der Waals surface area contributed by atoms with E-state index in [1.807, 2.05) is 79.7 Å². The minimum Gasteiger partial charge on any atom is -0.269 e. The summed E-state index contributed by atoms with van der Waals surface area (Å²) < 4.78 is 2.67. The van der Waals surface area contributed by atoms with Crippen LogP contribution in [-0.2, 0) is 19.3 Å². The molecule has 0 aliphatic carbocycles. The molecule has 0 spiro atoms. The molecule has 0 bridgehead atoms. The molecule has 0 saturated heterocycles. The molecular weight excluding hydrogens is 486 g/mol. The van der Waals surface area contributed by atoms with Crippen molar-refractivity contribution in [2.45, 2.75) is 39.5 Å². The fourth-order valence-electron chi connectivity index (χ4n) is 4.29. The van der Waals surface area contributed by atoms with Crippen molar-refractivity contribution >= 4 is 15.9 Å². The van der Waals surface area contributed by atoms with E-state index in [2.05, 4.69) is 28.9 Å². The van der Waals surface area contributed by atoms with E-state index in [1.54, 1.807) is 4.57 Å². The van der Waals surface area contributed by atoms with Crippen LogP contribution in [0.1, 0.15) is 48.5 Å². The summed E-state index contributed by atoms with van der Waals surface area (Å²) in [4.78, 5) is 18.9. The van der Waals surface area contributed by atoms with Crippen LogP contribution in [0, 0.1) is 11.3 Å². The quantitative estimate of drug-likeness (QED) is 0.279. The molecule has 1 heterocycles. The number of benzene rings is 3. The minimum atomic E-state index is -0.0633. The van der Waals surface area contributed by atoms with E-state index in [4.69, 9.17) is 4.98 Å². The Bertz CT molecular complexity index is 1400. The van der Waals surface area contributed by atoms with E-state index in [0.717, 1.165) is 51.2 Å². The molecule has 0 unspecified atom stereocenters. The van der Waals surface area contributed by atoms with E-state index in [1.165, 1.54) is 0 Å². The molecule has 4 rings (SSSR count). The highest BCUT2D eigenvalue weighted by atomic mass is 79.9. The van der Waals surface area contributed by atoms with E-state index < -0.39 is 0 Å². The van der Waals surface area contributed by atoms with Gasteiger partial charge in [0.2, 0.25) is 0 Å². The number of aryl methyl sites for hydroxylation is 2. The van der Waals surface area contributed by atoms with Gasteiger partial charge in [0.25, 0.3) is 5.56 Å². The van der Waals surface area contributed by atoms with Gasteiger partial charge in [-0.25, -0.2) is 4.98 Å². The largest absolute Gasteiger partial charge is 0.269 e. The van der Waals surface area contributed by atoms with Crippen LogP contribution < -0.4 is 5.56 Å². The molecule has 0 saturated carbocycles. The first-order valence-corrected chi connectivity index (χ1v) is 12.3. The standard InChI is InChI=1S/C29H26BrN3O/c1-3-9-27-25(29(34)33(28(4-2)32-27)23-16-14-22(30)15-17-23)18-21-12-8-13-24(26(21)19-31)20-10-6-5-7-11-20/h5-8,10-17H,3-4,9,18H2,1-2H3. The summed E-state index contributed by atoms with van der Waals surface area (Å²) in [6.45, 7) is 4.11. The fourth-order valence-corrected chi connectivity index (χ4v) is 4.56. The second-order valence-electron chi connectivity index (χ2n) is 8.17. The zero-order valence-corrected chi connectivity index (χ0v) is 21.0. The Labute approximate surface area is 208 Å². The van der Waals surface area contributed by atoms with Gasteiger partial charge in [-0.1, -0.05) is 84.7 Å². The Balaban J connectivity index is 1.90. The Morgan fingerprint density at radius 3 is 2.35 bits per heavy atom. The molecule has 0 fully saturated rings. The third-order valence-corrected chi connectivity index (χ3v) is 6.46. The van der Waals surface area contributed by atoms with Crippen LogP contribution in [0.4, 0.5) is 0 Å². The van der Waals surface area contributed by atoms with Gasteiger partial charge >= 0.3 is 0 Å². The summed E-state index contributed by atoms with van der Waals surface area (Å²) in [5, 5.41) is 10.1. The van der Waals surface area contributed by atoms with Crippen molar-refractivity contribution in [1.29, 1.82) is 5.26 Å². The average molecular weight is 512 g/mol. The molecule has 170 valence electrons. The smallest absolute Gasteiger partial charge is 0.261 e.